The minimum atomic E-state index is -1.58. The zero-order valence-electron chi connectivity index (χ0n) is 4.90. The molecule has 0 atom stereocenters. The third kappa shape index (κ3) is 1.67. The van der Waals surface area contributed by atoms with Crippen LogP contribution in [-0.2, 0) is 0 Å². The monoisotopic (exact) mass is 158 g/mol. The van der Waals surface area contributed by atoms with E-state index in [2.05, 4.69) is 10.2 Å². The van der Waals surface area contributed by atoms with Gasteiger partial charge < -0.3 is 10.0 Å². The Morgan fingerprint density at radius 1 is 1.30 bits per heavy atom. The molecule has 0 fully saturated rings. The highest BCUT2D eigenvalue weighted by molar-refractivity contribution is 6.57. The molecular weight excluding hydrogens is 154 g/mol. The van der Waals surface area contributed by atoms with Crippen LogP contribution in [0.4, 0.5) is 0 Å². The highest BCUT2D eigenvalue weighted by Gasteiger charge is 2.12. The fourth-order valence-electron chi connectivity index (χ4n) is 0.464. The molecule has 0 aliphatic carbocycles. The number of aromatic nitrogens is 2. The van der Waals surface area contributed by atoms with Crippen molar-refractivity contribution in [3.8, 4) is 0 Å². The third-order valence-electron chi connectivity index (χ3n) is 0.917. The van der Waals surface area contributed by atoms with Gasteiger partial charge in [-0.05, 0) is 12.1 Å². The average Bonchev–Trinajstić information content (AvgIpc) is 1.88. The van der Waals surface area contributed by atoms with Gasteiger partial charge in [0.15, 0.2) is 5.15 Å². The first-order valence-electron chi connectivity index (χ1n) is 2.55. The summed E-state index contributed by atoms with van der Waals surface area (Å²) in [6.07, 6.45) is 0. The molecule has 0 radical (unpaired) electrons. The summed E-state index contributed by atoms with van der Waals surface area (Å²) in [7, 11) is -1.58. The van der Waals surface area contributed by atoms with Crippen molar-refractivity contribution in [3.05, 3.63) is 17.3 Å². The molecule has 1 rings (SSSR count). The van der Waals surface area contributed by atoms with Gasteiger partial charge >= 0.3 is 7.12 Å². The Balaban J connectivity index is 2.89. The van der Waals surface area contributed by atoms with Gasteiger partial charge in [0.25, 0.3) is 0 Å². The molecule has 52 valence electrons. The van der Waals surface area contributed by atoms with E-state index in [0.29, 0.717) is 0 Å². The van der Waals surface area contributed by atoms with Gasteiger partial charge in [0.1, 0.15) is 0 Å². The van der Waals surface area contributed by atoms with Gasteiger partial charge in [-0.3, -0.25) is 0 Å². The van der Waals surface area contributed by atoms with Crippen molar-refractivity contribution in [2.45, 2.75) is 0 Å². The maximum Gasteiger partial charge on any atom is 0.510 e. The summed E-state index contributed by atoms with van der Waals surface area (Å²) in [5.41, 5.74) is 0.0874. The van der Waals surface area contributed by atoms with Crippen LogP contribution in [0.2, 0.25) is 5.15 Å². The Labute approximate surface area is 62.6 Å². The SMILES string of the molecule is OB(O)c1ccc(Cl)nn1. The van der Waals surface area contributed by atoms with Crippen LogP contribution in [0.15, 0.2) is 12.1 Å². The Morgan fingerprint density at radius 3 is 2.40 bits per heavy atom. The number of halogens is 1. The van der Waals surface area contributed by atoms with Crippen LogP contribution in [-0.4, -0.2) is 27.4 Å². The molecule has 0 unspecified atom stereocenters. The topological polar surface area (TPSA) is 66.2 Å². The standard InChI is InChI=1S/C4H4BClN2O2/c6-4-2-1-3(5(9)10)7-8-4/h1-2,9-10H. The van der Waals surface area contributed by atoms with E-state index in [4.69, 9.17) is 21.6 Å². The maximum absolute atomic E-state index is 8.52. The molecular formula is C4H4BClN2O2. The predicted molar refractivity (Wildman–Crippen MR) is 36.9 cm³/mol. The second kappa shape index (κ2) is 2.96. The van der Waals surface area contributed by atoms with E-state index in [0.717, 1.165) is 0 Å². The maximum atomic E-state index is 8.52. The van der Waals surface area contributed by atoms with E-state index < -0.39 is 7.12 Å². The lowest BCUT2D eigenvalue weighted by molar-refractivity contribution is 0.423. The molecule has 1 aromatic heterocycles. The highest BCUT2D eigenvalue weighted by Crippen LogP contribution is 1.96. The molecule has 0 aliphatic rings. The minimum absolute atomic E-state index is 0.0874. The van der Waals surface area contributed by atoms with Gasteiger partial charge in [-0.1, -0.05) is 11.6 Å². The van der Waals surface area contributed by atoms with Gasteiger partial charge in [0.2, 0.25) is 0 Å². The van der Waals surface area contributed by atoms with E-state index in [1.165, 1.54) is 12.1 Å². The molecule has 4 nitrogen and oxygen atoms in total. The average molecular weight is 158 g/mol. The van der Waals surface area contributed by atoms with Crippen LogP contribution < -0.4 is 5.59 Å². The van der Waals surface area contributed by atoms with E-state index in [-0.39, 0.29) is 10.7 Å². The van der Waals surface area contributed by atoms with Crippen LogP contribution in [0, 0.1) is 0 Å². The van der Waals surface area contributed by atoms with Crippen LogP contribution in [0.5, 0.6) is 0 Å². The van der Waals surface area contributed by atoms with Crippen LogP contribution in [0.25, 0.3) is 0 Å². The molecule has 6 heteroatoms. The second-order valence-electron chi connectivity index (χ2n) is 1.65. The van der Waals surface area contributed by atoms with Gasteiger partial charge in [0, 0.05) is 0 Å². The fourth-order valence-corrected chi connectivity index (χ4v) is 0.565. The molecule has 10 heavy (non-hydrogen) atoms. The van der Waals surface area contributed by atoms with Crippen molar-refractivity contribution in [1.82, 2.24) is 10.2 Å². The smallest absolute Gasteiger partial charge is 0.422 e. The summed E-state index contributed by atoms with van der Waals surface area (Å²) in [5.74, 6) is 0. The first-order chi connectivity index (χ1) is 4.70. The van der Waals surface area contributed by atoms with Crippen LogP contribution in [0.1, 0.15) is 0 Å². The minimum Gasteiger partial charge on any atom is -0.422 e. The Bertz CT molecular complexity index is 215. The Hall–Kier alpha value is -0.645. The number of nitrogens with zero attached hydrogens (tertiary/aromatic N) is 2. The zero-order chi connectivity index (χ0) is 7.56. The third-order valence-corrected chi connectivity index (χ3v) is 1.12. The second-order valence-corrected chi connectivity index (χ2v) is 2.04. The quantitative estimate of drug-likeness (QED) is 0.504. The van der Waals surface area contributed by atoms with Gasteiger partial charge in [-0.25, -0.2) is 0 Å². The Kier molecular flexibility index (Phi) is 2.21. The predicted octanol–water partition coefficient (Wildman–Crippen LogP) is -1.19. The summed E-state index contributed by atoms with van der Waals surface area (Å²) in [5, 5.41) is 24.1. The van der Waals surface area contributed by atoms with Crippen molar-refractivity contribution in [2.75, 3.05) is 0 Å². The van der Waals surface area contributed by atoms with Crippen LogP contribution in [0.3, 0.4) is 0 Å². The summed E-state index contributed by atoms with van der Waals surface area (Å²) in [6, 6.07) is 2.82. The van der Waals surface area contributed by atoms with E-state index >= 15 is 0 Å². The lowest BCUT2D eigenvalue weighted by Crippen LogP contribution is -2.33. The van der Waals surface area contributed by atoms with Crippen LogP contribution >= 0.6 is 11.6 Å². The molecule has 0 spiro atoms. The number of hydrogen-bond donors (Lipinski definition) is 2. The van der Waals surface area contributed by atoms with E-state index in [1.807, 2.05) is 0 Å². The molecule has 1 heterocycles. The molecule has 0 saturated heterocycles. The Morgan fingerprint density at radius 2 is 2.00 bits per heavy atom. The first kappa shape index (κ1) is 7.46. The largest absolute Gasteiger partial charge is 0.510 e. The molecule has 0 aliphatic heterocycles. The fraction of sp³-hybridized carbons (Fsp3) is 0. The van der Waals surface area contributed by atoms with Gasteiger partial charge in [0.05, 0.1) is 5.59 Å². The normalized spacial score (nSPS) is 9.50. The summed E-state index contributed by atoms with van der Waals surface area (Å²) >= 11 is 5.38. The van der Waals surface area contributed by atoms with Crippen molar-refractivity contribution in [2.24, 2.45) is 0 Å². The van der Waals surface area contributed by atoms with Crippen molar-refractivity contribution in [1.29, 1.82) is 0 Å². The van der Waals surface area contributed by atoms with Crippen molar-refractivity contribution < 1.29 is 10.0 Å². The van der Waals surface area contributed by atoms with Crippen molar-refractivity contribution in [3.63, 3.8) is 0 Å². The molecule has 0 bridgehead atoms. The summed E-state index contributed by atoms with van der Waals surface area (Å²) in [4.78, 5) is 0. The molecule has 2 N–H and O–H groups in total. The summed E-state index contributed by atoms with van der Waals surface area (Å²) < 4.78 is 0. The number of hydrogen-bond acceptors (Lipinski definition) is 4. The lowest BCUT2D eigenvalue weighted by Gasteiger charge is -1.94. The van der Waals surface area contributed by atoms with Gasteiger partial charge in [-0.15, -0.1) is 5.10 Å². The summed E-state index contributed by atoms with van der Waals surface area (Å²) in [6.45, 7) is 0. The lowest BCUT2D eigenvalue weighted by atomic mass is 9.86. The molecule has 0 saturated carbocycles. The number of rotatable bonds is 1. The highest BCUT2D eigenvalue weighted by atomic mass is 35.5. The van der Waals surface area contributed by atoms with E-state index in [9.17, 15) is 0 Å². The molecule has 1 aromatic rings. The zero-order valence-corrected chi connectivity index (χ0v) is 5.65. The van der Waals surface area contributed by atoms with Crippen molar-refractivity contribution >= 4 is 24.3 Å². The van der Waals surface area contributed by atoms with Gasteiger partial charge in [-0.2, -0.15) is 5.10 Å². The molecule has 0 amide bonds. The molecule has 0 aromatic carbocycles. The first-order valence-corrected chi connectivity index (χ1v) is 2.93. The van der Waals surface area contributed by atoms with E-state index in [1.54, 1.807) is 0 Å².